The zero-order chi connectivity index (χ0) is 14.1. The molecule has 0 atom stereocenters. The highest BCUT2D eigenvalue weighted by atomic mass is 32.1. The molecule has 2 fully saturated rings. The average Bonchev–Trinajstić information content (AvgIpc) is 3.20. The molecule has 20 heavy (non-hydrogen) atoms. The van der Waals surface area contributed by atoms with Gasteiger partial charge in [-0.15, -0.1) is 11.3 Å². The fourth-order valence-corrected chi connectivity index (χ4v) is 3.19. The molecule has 5 nitrogen and oxygen atoms in total. The molecular formula is C14H18N2O3S. The van der Waals surface area contributed by atoms with E-state index in [1.54, 1.807) is 17.0 Å². The van der Waals surface area contributed by atoms with Crippen LogP contribution in [0.1, 0.15) is 35.4 Å². The Morgan fingerprint density at radius 2 is 1.90 bits per heavy atom. The van der Waals surface area contributed by atoms with Crippen LogP contribution in [0.3, 0.4) is 0 Å². The molecule has 2 amide bonds. The number of rotatable bonds is 3. The lowest BCUT2D eigenvalue weighted by molar-refractivity contribution is -0.117. The van der Waals surface area contributed by atoms with E-state index >= 15 is 0 Å². The molecule has 0 bridgehead atoms. The minimum atomic E-state index is -0.282. The number of anilines is 1. The molecule has 1 aromatic rings. The normalized spacial score (nSPS) is 19.9. The first-order valence-corrected chi connectivity index (χ1v) is 7.83. The second kappa shape index (κ2) is 5.54. The SMILES string of the molecule is O=C(Nc1ccc(C(=O)N2CCC(O)CC2)s1)C1CC1. The van der Waals surface area contributed by atoms with Gasteiger partial charge >= 0.3 is 0 Å². The lowest BCUT2D eigenvalue weighted by Gasteiger charge is -2.29. The van der Waals surface area contributed by atoms with Gasteiger partial charge in [0, 0.05) is 19.0 Å². The maximum atomic E-state index is 12.3. The van der Waals surface area contributed by atoms with Crippen molar-refractivity contribution in [3.63, 3.8) is 0 Å². The molecule has 3 rings (SSSR count). The third kappa shape index (κ3) is 3.02. The molecule has 2 heterocycles. The smallest absolute Gasteiger partial charge is 0.263 e. The molecule has 6 heteroatoms. The van der Waals surface area contributed by atoms with Gasteiger partial charge in [0.05, 0.1) is 16.0 Å². The zero-order valence-corrected chi connectivity index (χ0v) is 12.0. The Morgan fingerprint density at radius 3 is 2.55 bits per heavy atom. The van der Waals surface area contributed by atoms with E-state index in [9.17, 15) is 14.7 Å². The van der Waals surface area contributed by atoms with E-state index < -0.39 is 0 Å². The number of piperidine rings is 1. The first kappa shape index (κ1) is 13.6. The van der Waals surface area contributed by atoms with Gasteiger partial charge in [0.25, 0.3) is 5.91 Å². The maximum Gasteiger partial charge on any atom is 0.263 e. The maximum absolute atomic E-state index is 12.3. The van der Waals surface area contributed by atoms with Gasteiger partial charge in [-0.3, -0.25) is 9.59 Å². The summed E-state index contributed by atoms with van der Waals surface area (Å²) in [5, 5.41) is 13.1. The lowest BCUT2D eigenvalue weighted by atomic mass is 10.1. The third-order valence-electron chi connectivity index (χ3n) is 3.76. The molecule has 2 aliphatic rings. The Bertz CT molecular complexity index is 516. The Hall–Kier alpha value is -1.40. The number of nitrogens with one attached hydrogen (secondary N) is 1. The highest BCUT2D eigenvalue weighted by Gasteiger charge is 2.30. The van der Waals surface area contributed by atoms with Crippen LogP contribution in [0, 0.1) is 5.92 Å². The van der Waals surface area contributed by atoms with Crippen molar-refractivity contribution in [1.29, 1.82) is 0 Å². The van der Waals surface area contributed by atoms with Crippen molar-refractivity contribution in [2.75, 3.05) is 18.4 Å². The van der Waals surface area contributed by atoms with Crippen LogP contribution in [0.4, 0.5) is 5.00 Å². The molecule has 0 aromatic carbocycles. The number of hydrogen-bond donors (Lipinski definition) is 2. The van der Waals surface area contributed by atoms with Gasteiger partial charge in [-0.1, -0.05) is 0 Å². The van der Waals surface area contributed by atoms with Crippen LogP contribution < -0.4 is 5.32 Å². The van der Waals surface area contributed by atoms with Crippen molar-refractivity contribution in [2.24, 2.45) is 5.92 Å². The summed E-state index contributed by atoms with van der Waals surface area (Å²) in [5.41, 5.74) is 0. The highest BCUT2D eigenvalue weighted by Crippen LogP contribution is 2.32. The fourth-order valence-electron chi connectivity index (χ4n) is 2.31. The minimum Gasteiger partial charge on any atom is -0.393 e. The molecule has 0 unspecified atom stereocenters. The molecule has 1 aliphatic heterocycles. The number of likely N-dealkylation sites (tertiary alicyclic amines) is 1. The van der Waals surface area contributed by atoms with Crippen LogP contribution in [-0.2, 0) is 4.79 Å². The van der Waals surface area contributed by atoms with Crippen molar-refractivity contribution >= 4 is 28.2 Å². The first-order chi connectivity index (χ1) is 9.63. The summed E-state index contributed by atoms with van der Waals surface area (Å²) in [5.74, 6) is 0.223. The van der Waals surface area contributed by atoms with E-state index in [1.165, 1.54) is 11.3 Å². The van der Waals surface area contributed by atoms with Gasteiger partial charge in [0.2, 0.25) is 5.91 Å². The van der Waals surface area contributed by atoms with Gasteiger partial charge in [0.1, 0.15) is 0 Å². The molecule has 1 saturated carbocycles. The lowest BCUT2D eigenvalue weighted by Crippen LogP contribution is -2.39. The van der Waals surface area contributed by atoms with Gasteiger partial charge in [-0.05, 0) is 37.8 Å². The summed E-state index contributed by atoms with van der Waals surface area (Å²) in [7, 11) is 0. The van der Waals surface area contributed by atoms with Crippen LogP contribution in [0.15, 0.2) is 12.1 Å². The van der Waals surface area contributed by atoms with E-state index in [1.807, 2.05) is 0 Å². The van der Waals surface area contributed by atoms with Crippen molar-refractivity contribution < 1.29 is 14.7 Å². The van der Waals surface area contributed by atoms with Crippen molar-refractivity contribution in [1.82, 2.24) is 4.90 Å². The Balaban J connectivity index is 1.60. The number of nitrogens with zero attached hydrogens (tertiary/aromatic N) is 1. The Labute approximate surface area is 121 Å². The number of amides is 2. The molecule has 1 aliphatic carbocycles. The van der Waals surface area contributed by atoms with Crippen LogP contribution in [0.2, 0.25) is 0 Å². The van der Waals surface area contributed by atoms with Gasteiger partial charge in [-0.2, -0.15) is 0 Å². The summed E-state index contributed by atoms with van der Waals surface area (Å²) in [4.78, 5) is 26.4. The molecule has 1 aromatic heterocycles. The largest absolute Gasteiger partial charge is 0.393 e. The zero-order valence-electron chi connectivity index (χ0n) is 11.2. The molecule has 0 radical (unpaired) electrons. The van der Waals surface area contributed by atoms with E-state index in [-0.39, 0.29) is 23.8 Å². The van der Waals surface area contributed by atoms with Crippen molar-refractivity contribution in [3.8, 4) is 0 Å². The third-order valence-corrected chi connectivity index (χ3v) is 4.75. The number of hydrogen-bond acceptors (Lipinski definition) is 4. The van der Waals surface area contributed by atoms with Crippen LogP contribution in [0.5, 0.6) is 0 Å². The summed E-state index contributed by atoms with van der Waals surface area (Å²) in [6.07, 6.45) is 2.94. The predicted molar refractivity (Wildman–Crippen MR) is 76.8 cm³/mol. The van der Waals surface area contributed by atoms with Gasteiger partial charge < -0.3 is 15.3 Å². The van der Waals surface area contributed by atoms with Crippen LogP contribution >= 0.6 is 11.3 Å². The Morgan fingerprint density at radius 1 is 1.20 bits per heavy atom. The number of aliphatic hydroxyl groups excluding tert-OH is 1. The number of aliphatic hydroxyl groups is 1. The summed E-state index contributed by atoms with van der Waals surface area (Å²) in [6, 6.07) is 3.55. The summed E-state index contributed by atoms with van der Waals surface area (Å²) >= 11 is 1.32. The monoisotopic (exact) mass is 294 g/mol. The number of carbonyl (C=O) groups is 2. The average molecular weight is 294 g/mol. The molecule has 0 spiro atoms. The molecule has 108 valence electrons. The Kier molecular flexibility index (Phi) is 3.76. The quantitative estimate of drug-likeness (QED) is 0.891. The van der Waals surface area contributed by atoms with E-state index in [0.29, 0.717) is 30.8 Å². The number of thiophene rings is 1. The number of carbonyl (C=O) groups excluding carboxylic acids is 2. The van der Waals surface area contributed by atoms with Crippen LogP contribution in [-0.4, -0.2) is 41.0 Å². The van der Waals surface area contributed by atoms with Crippen molar-refractivity contribution in [3.05, 3.63) is 17.0 Å². The first-order valence-electron chi connectivity index (χ1n) is 7.01. The fraction of sp³-hybridized carbons (Fsp3) is 0.571. The predicted octanol–water partition coefficient (Wildman–Crippen LogP) is 1.69. The van der Waals surface area contributed by atoms with Gasteiger partial charge in [-0.25, -0.2) is 0 Å². The second-order valence-corrected chi connectivity index (χ2v) is 6.53. The second-order valence-electron chi connectivity index (χ2n) is 5.45. The minimum absolute atomic E-state index is 0.00572. The molecule has 2 N–H and O–H groups in total. The summed E-state index contributed by atoms with van der Waals surface area (Å²) in [6.45, 7) is 1.20. The van der Waals surface area contributed by atoms with Gasteiger partial charge in [0.15, 0.2) is 0 Å². The van der Waals surface area contributed by atoms with E-state index in [2.05, 4.69) is 5.32 Å². The highest BCUT2D eigenvalue weighted by molar-refractivity contribution is 7.18. The standard InChI is InChI=1S/C14H18N2O3S/c17-10-5-7-16(8-6-10)14(19)11-3-4-12(20-11)15-13(18)9-1-2-9/h3-4,9-10,17H,1-2,5-8H2,(H,15,18). The van der Waals surface area contributed by atoms with E-state index in [0.717, 1.165) is 17.8 Å². The topological polar surface area (TPSA) is 69.6 Å². The van der Waals surface area contributed by atoms with Crippen molar-refractivity contribution in [2.45, 2.75) is 31.8 Å². The summed E-state index contributed by atoms with van der Waals surface area (Å²) < 4.78 is 0. The molecular weight excluding hydrogens is 276 g/mol. The van der Waals surface area contributed by atoms with Crippen LogP contribution in [0.25, 0.3) is 0 Å². The van der Waals surface area contributed by atoms with E-state index in [4.69, 9.17) is 0 Å². The molecule has 1 saturated heterocycles.